The van der Waals surface area contributed by atoms with E-state index >= 15 is 0 Å². The van der Waals surface area contributed by atoms with Crippen molar-refractivity contribution in [2.24, 2.45) is 5.41 Å². The van der Waals surface area contributed by atoms with Crippen molar-refractivity contribution in [1.82, 2.24) is 5.32 Å². The van der Waals surface area contributed by atoms with Gasteiger partial charge in [0.05, 0.1) is 0 Å². The molecule has 126 valence electrons. The van der Waals surface area contributed by atoms with Crippen LogP contribution in [0, 0.1) is 5.41 Å². The molecule has 1 saturated heterocycles. The quantitative estimate of drug-likeness (QED) is 0.805. The molecule has 0 aliphatic carbocycles. The number of rotatable bonds is 2. The number of hydrogen-bond donors (Lipinski definition) is 2. The Labute approximate surface area is 144 Å². The lowest BCUT2D eigenvalue weighted by Crippen LogP contribution is -2.41. The fraction of sp³-hybridized carbons (Fsp3) is 0.556. The van der Waals surface area contributed by atoms with Gasteiger partial charge in [-0.1, -0.05) is 20.8 Å². The van der Waals surface area contributed by atoms with E-state index in [-0.39, 0.29) is 5.91 Å². The lowest BCUT2D eigenvalue weighted by Gasteiger charge is -2.35. The third-order valence-electron chi connectivity index (χ3n) is 4.17. The summed E-state index contributed by atoms with van der Waals surface area (Å²) in [6.45, 7) is 8.98. The van der Waals surface area contributed by atoms with Crippen LogP contribution in [0.4, 0.5) is 11.4 Å². The Morgan fingerprint density at radius 1 is 1.22 bits per heavy atom. The van der Waals surface area contributed by atoms with Crippen LogP contribution in [0.2, 0.25) is 0 Å². The molecule has 4 nitrogen and oxygen atoms in total. The van der Waals surface area contributed by atoms with Crippen LogP contribution in [0.25, 0.3) is 0 Å². The first-order valence-corrected chi connectivity index (χ1v) is 8.67. The van der Waals surface area contributed by atoms with Crippen LogP contribution >= 0.6 is 12.2 Å². The van der Waals surface area contributed by atoms with Crippen molar-refractivity contribution in [3.63, 3.8) is 0 Å². The molecule has 1 atom stereocenters. The van der Waals surface area contributed by atoms with Crippen molar-refractivity contribution >= 4 is 34.6 Å². The predicted octanol–water partition coefficient (Wildman–Crippen LogP) is 3.92. The molecule has 1 aromatic rings. The van der Waals surface area contributed by atoms with Gasteiger partial charge in [-0.15, -0.1) is 0 Å². The number of piperidine rings is 1. The van der Waals surface area contributed by atoms with E-state index in [9.17, 15) is 4.79 Å². The van der Waals surface area contributed by atoms with Crippen LogP contribution in [-0.2, 0) is 4.79 Å². The zero-order valence-corrected chi connectivity index (χ0v) is 15.3. The second-order valence-electron chi connectivity index (χ2n) is 7.24. The fourth-order valence-electron chi connectivity index (χ4n) is 2.67. The van der Waals surface area contributed by atoms with Crippen LogP contribution in [0.3, 0.4) is 0 Å². The highest BCUT2D eigenvalue weighted by molar-refractivity contribution is 7.80. The summed E-state index contributed by atoms with van der Waals surface area (Å²) in [5.74, 6) is -0.0891. The van der Waals surface area contributed by atoms with E-state index in [2.05, 4.69) is 34.6 Å². The summed E-state index contributed by atoms with van der Waals surface area (Å²) in [5, 5.41) is 6.13. The number of amides is 1. The smallest absolute Gasteiger partial charge is 0.231 e. The van der Waals surface area contributed by atoms with Crippen LogP contribution in [0.1, 0.15) is 47.0 Å². The van der Waals surface area contributed by atoms with Gasteiger partial charge in [0.2, 0.25) is 5.91 Å². The fourth-order valence-corrected chi connectivity index (χ4v) is 2.88. The molecule has 1 heterocycles. The molecule has 0 aromatic heterocycles. The van der Waals surface area contributed by atoms with Gasteiger partial charge in [-0.3, -0.25) is 4.79 Å². The normalized spacial score (nSPS) is 18.4. The van der Waals surface area contributed by atoms with E-state index in [1.54, 1.807) is 0 Å². The zero-order chi connectivity index (χ0) is 17.0. The number of nitrogens with one attached hydrogen (secondary N) is 2. The van der Waals surface area contributed by atoms with Crippen LogP contribution in [0.5, 0.6) is 0 Å². The largest absolute Gasteiger partial charge is 0.369 e. The number of anilines is 2. The minimum Gasteiger partial charge on any atom is -0.369 e. The predicted molar refractivity (Wildman–Crippen MR) is 101 cm³/mol. The molecule has 5 heteroatoms. The molecule has 1 aliphatic rings. The SMILES string of the molecule is C[C@H]1CCCCN1c1ccc(NC(=S)NC(=O)C(C)(C)C)cc1. The second kappa shape index (κ2) is 7.30. The minimum absolute atomic E-state index is 0.0891. The van der Waals surface area contributed by atoms with Gasteiger partial charge >= 0.3 is 0 Å². The van der Waals surface area contributed by atoms with E-state index in [4.69, 9.17) is 12.2 Å². The maximum absolute atomic E-state index is 11.9. The van der Waals surface area contributed by atoms with Crippen molar-refractivity contribution in [2.75, 3.05) is 16.8 Å². The second-order valence-corrected chi connectivity index (χ2v) is 7.65. The molecule has 1 fully saturated rings. The van der Waals surface area contributed by atoms with E-state index in [0.29, 0.717) is 11.2 Å². The molecule has 1 aromatic carbocycles. The third kappa shape index (κ3) is 4.93. The Morgan fingerprint density at radius 3 is 2.43 bits per heavy atom. The molecule has 0 spiro atoms. The summed E-state index contributed by atoms with van der Waals surface area (Å²) in [6, 6.07) is 8.82. The van der Waals surface area contributed by atoms with Gasteiger partial charge in [-0.05, 0) is 62.7 Å². The summed E-state index contributed by atoms with van der Waals surface area (Å²) >= 11 is 5.20. The number of hydrogen-bond acceptors (Lipinski definition) is 3. The summed E-state index contributed by atoms with van der Waals surface area (Å²) in [4.78, 5) is 14.4. The zero-order valence-electron chi connectivity index (χ0n) is 14.5. The molecule has 1 aliphatic heterocycles. The summed E-state index contributed by atoms with van der Waals surface area (Å²) < 4.78 is 0. The number of carbonyl (C=O) groups is 1. The standard InChI is InChI=1S/C18H27N3OS/c1-13-7-5-6-12-21(13)15-10-8-14(9-11-15)19-17(23)20-16(22)18(2,3)4/h8-11,13H,5-7,12H2,1-4H3,(H2,19,20,22,23)/t13-/m0/s1. The molecule has 1 amide bonds. The van der Waals surface area contributed by atoms with Gasteiger partial charge in [0, 0.05) is 29.4 Å². The van der Waals surface area contributed by atoms with E-state index in [1.165, 1.54) is 24.9 Å². The van der Waals surface area contributed by atoms with Gasteiger partial charge in [0.25, 0.3) is 0 Å². The van der Waals surface area contributed by atoms with Gasteiger partial charge in [0.1, 0.15) is 0 Å². The molecule has 23 heavy (non-hydrogen) atoms. The number of benzene rings is 1. The molecule has 0 bridgehead atoms. The maximum Gasteiger partial charge on any atom is 0.231 e. The Kier molecular flexibility index (Phi) is 5.63. The van der Waals surface area contributed by atoms with E-state index < -0.39 is 5.41 Å². The Hall–Kier alpha value is -1.62. The molecule has 0 saturated carbocycles. The first-order chi connectivity index (χ1) is 10.8. The monoisotopic (exact) mass is 333 g/mol. The minimum atomic E-state index is -0.458. The lowest BCUT2D eigenvalue weighted by atomic mass is 9.96. The summed E-state index contributed by atoms with van der Waals surface area (Å²) in [5.41, 5.74) is 1.67. The van der Waals surface area contributed by atoms with Gasteiger partial charge in [-0.2, -0.15) is 0 Å². The van der Waals surface area contributed by atoms with E-state index in [0.717, 1.165) is 12.2 Å². The van der Waals surface area contributed by atoms with Crippen molar-refractivity contribution in [3.05, 3.63) is 24.3 Å². The highest BCUT2D eigenvalue weighted by Gasteiger charge is 2.22. The van der Waals surface area contributed by atoms with Gasteiger partial charge in [0.15, 0.2) is 5.11 Å². The highest BCUT2D eigenvalue weighted by atomic mass is 32.1. The van der Waals surface area contributed by atoms with Crippen molar-refractivity contribution in [3.8, 4) is 0 Å². The van der Waals surface area contributed by atoms with Crippen LogP contribution < -0.4 is 15.5 Å². The summed E-state index contributed by atoms with van der Waals surface area (Å²) in [7, 11) is 0. The highest BCUT2D eigenvalue weighted by Crippen LogP contribution is 2.25. The van der Waals surface area contributed by atoms with Crippen molar-refractivity contribution in [2.45, 2.75) is 53.0 Å². The van der Waals surface area contributed by atoms with Crippen LogP contribution in [0.15, 0.2) is 24.3 Å². The topological polar surface area (TPSA) is 44.4 Å². The molecular formula is C18H27N3OS. The number of thiocarbonyl (C=S) groups is 1. The molecule has 0 unspecified atom stereocenters. The number of carbonyl (C=O) groups excluding carboxylic acids is 1. The Morgan fingerprint density at radius 2 is 1.87 bits per heavy atom. The number of nitrogens with zero attached hydrogens (tertiary/aromatic N) is 1. The average Bonchev–Trinajstić information content (AvgIpc) is 2.47. The van der Waals surface area contributed by atoms with Gasteiger partial charge < -0.3 is 15.5 Å². The Balaban J connectivity index is 1.94. The Bertz CT molecular complexity index is 563. The van der Waals surface area contributed by atoms with Gasteiger partial charge in [-0.25, -0.2) is 0 Å². The average molecular weight is 334 g/mol. The molecule has 2 rings (SSSR count). The molecule has 0 radical (unpaired) electrons. The molecule has 2 N–H and O–H groups in total. The van der Waals surface area contributed by atoms with Crippen molar-refractivity contribution in [1.29, 1.82) is 0 Å². The third-order valence-corrected chi connectivity index (χ3v) is 4.37. The lowest BCUT2D eigenvalue weighted by molar-refractivity contribution is -0.126. The maximum atomic E-state index is 11.9. The van der Waals surface area contributed by atoms with Crippen molar-refractivity contribution < 1.29 is 4.79 Å². The first kappa shape index (κ1) is 17.7. The molecular weight excluding hydrogens is 306 g/mol. The summed E-state index contributed by atoms with van der Waals surface area (Å²) in [6.07, 6.45) is 3.83. The first-order valence-electron chi connectivity index (χ1n) is 8.26. The van der Waals surface area contributed by atoms with Crippen LogP contribution in [-0.4, -0.2) is 23.6 Å². The van der Waals surface area contributed by atoms with E-state index in [1.807, 2.05) is 32.9 Å².